The van der Waals surface area contributed by atoms with E-state index in [9.17, 15) is 14.4 Å². The number of amides is 1. The first kappa shape index (κ1) is 19.3. The first-order valence-corrected chi connectivity index (χ1v) is 6.92. The number of hydrogen-bond donors (Lipinski definition) is 1. The van der Waals surface area contributed by atoms with Crippen molar-refractivity contribution in [2.75, 3.05) is 27.3 Å². The summed E-state index contributed by atoms with van der Waals surface area (Å²) in [7, 11) is 2.40. The first-order chi connectivity index (χ1) is 9.78. The van der Waals surface area contributed by atoms with Gasteiger partial charge in [-0.05, 0) is 12.8 Å². The van der Waals surface area contributed by atoms with E-state index in [0.29, 0.717) is 12.8 Å². The number of ether oxygens (including phenoxy) is 2. The second-order valence-electron chi connectivity index (χ2n) is 4.47. The van der Waals surface area contributed by atoms with E-state index in [1.54, 1.807) is 13.8 Å². The molecule has 1 amide bonds. The van der Waals surface area contributed by atoms with Gasteiger partial charge in [0.2, 0.25) is 5.91 Å². The number of carbonyl (C=O) groups is 3. The van der Waals surface area contributed by atoms with Crippen molar-refractivity contribution < 1.29 is 23.9 Å². The Labute approximate surface area is 129 Å². The normalized spacial score (nSPS) is 10.7. The average molecular weight is 318 g/mol. The summed E-state index contributed by atoms with van der Waals surface area (Å²) < 4.78 is 9.07. The monoisotopic (exact) mass is 318 g/mol. The van der Waals surface area contributed by atoms with Crippen LogP contribution in [0.2, 0.25) is 0 Å². The van der Waals surface area contributed by atoms with Crippen molar-refractivity contribution in [3.8, 4) is 0 Å². The van der Waals surface area contributed by atoms with E-state index in [2.05, 4.69) is 9.47 Å². The predicted molar refractivity (Wildman–Crippen MR) is 80.4 cm³/mol. The van der Waals surface area contributed by atoms with Crippen LogP contribution in [0.5, 0.6) is 0 Å². The molecule has 21 heavy (non-hydrogen) atoms. The molecule has 0 spiro atoms. The van der Waals surface area contributed by atoms with Crippen molar-refractivity contribution in [3.63, 3.8) is 0 Å². The molecule has 0 radical (unpaired) electrons. The Morgan fingerprint density at radius 2 is 1.43 bits per heavy atom. The number of methoxy groups -OCH3 is 2. The predicted octanol–water partition coefficient (Wildman–Crippen LogP) is 0.254. The molecule has 0 bridgehead atoms. The van der Waals surface area contributed by atoms with Gasteiger partial charge in [-0.2, -0.15) is 0 Å². The summed E-state index contributed by atoms with van der Waals surface area (Å²) in [6.07, 6.45) is 0.743. The summed E-state index contributed by atoms with van der Waals surface area (Å²) in [4.78, 5) is 36.7. The lowest BCUT2D eigenvalue weighted by molar-refractivity contribution is -0.155. The van der Waals surface area contributed by atoms with Gasteiger partial charge in [-0.3, -0.25) is 14.4 Å². The van der Waals surface area contributed by atoms with Crippen molar-refractivity contribution >= 4 is 35.1 Å². The molecule has 2 N–H and O–H groups in total. The molecule has 0 saturated heterocycles. The largest absolute Gasteiger partial charge is 0.468 e. The van der Waals surface area contributed by atoms with E-state index in [0.717, 1.165) is 4.90 Å². The highest BCUT2D eigenvalue weighted by atomic mass is 32.1. The van der Waals surface area contributed by atoms with Crippen LogP contribution in [0.15, 0.2) is 0 Å². The van der Waals surface area contributed by atoms with Gasteiger partial charge in [0, 0.05) is 0 Å². The molecule has 0 aliphatic heterocycles. The molecule has 0 atom stereocenters. The fraction of sp³-hybridized carbons (Fsp3) is 0.692. The van der Waals surface area contributed by atoms with Crippen LogP contribution in [0, 0.1) is 5.41 Å². The molecule has 0 unspecified atom stereocenters. The zero-order valence-corrected chi connectivity index (χ0v) is 13.6. The van der Waals surface area contributed by atoms with Crippen LogP contribution in [0.1, 0.15) is 26.7 Å². The molecule has 0 heterocycles. The summed E-state index contributed by atoms with van der Waals surface area (Å²) >= 11 is 5.00. The number of thiocarbonyl (C=S) groups is 1. The maximum absolute atomic E-state index is 12.7. The molecule has 0 aliphatic rings. The second-order valence-corrected chi connectivity index (χ2v) is 4.91. The summed E-state index contributed by atoms with van der Waals surface area (Å²) in [5.41, 5.74) is 4.62. The fourth-order valence-corrected chi connectivity index (χ4v) is 2.33. The fourth-order valence-electron chi connectivity index (χ4n) is 1.95. The van der Waals surface area contributed by atoms with Crippen molar-refractivity contribution in [1.29, 1.82) is 0 Å². The van der Waals surface area contributed by atoms with Crippen LogP contribution in [-0.4, -0.2) is 55.0 Å². The molecule has 0 saturated carbocycles. The molecule has 0 aliphatic carbocycles. The van der Waals surface area contributed by atoms with Crippen molar-refractivity contribution in [3.05, 3.63) is 0 Å². The van der Waals surface area contributed by atoms with Gasteiger partial charge in [0.25, 0.3) is 0 Å². The van der Waals surface area contributed by atoms with Gasteiger partial charge >= 0.3 is 11.9 Å². The summed E-state index contributed by atoms with van der Waals surface area (Å²) in [5.74, 6) is -1.76. The number of carbonyl (C=O) groups excluding carboxylic acids is 3. The SMILES string of the molecule is CCC(CC)(C(=O)N(CC(=O)OC)CC(=O)OC)C(N)=S. The van der Waals surface area contributed by atoms with Gasteiger partial charge in [-0.1, -0.05) is 26.1 Å². The van der Waals surface area contributed by atoms with E-state index in [-0.39, 0.29) is 18.1 Å². The average Bonchev–Trinajstić information content (AvgIpc) is 2.47. The quantitative estimate of drug-likeness (QED) is 0.506. The smallest absolute Gasteiger partial charge is 0.325 e. The van der Waals surface area contributed by atoms with Gasteiger partial charge in [0.15, 0.2) is 0 Å². The Hall–Kier alpha value is -1.70. The van der Waals surface area contributed by atoms with Gasteiger partial charge in [0.1, 0.15) is 13.1 Å². The molecule has 0 rings (SSSR count). The molecule has 0 fully saturated rings. The third-order valence-corrected chi connectivity index (χ3v) is 3.86. The van der Waals surface area contributed by atoms with Crippen molar-refractivity contribution in [2.24, 2.45) is 11.1 Å². The standard InChI is InChI=1S/C13H22N2O5S/c1-5-13(6-2,11(14)21)12(18)15(7-9(16)19-3)8-10(17)20-4/h5-8H2,1-4H3,(H2,14,21). The minimum Gasteiger partial charge on any atom is -0.468 e. The molecule has 7 nitrogen and oxygen atoms in total. The van der Waals surface area contributed by atoms with Crippen LogP contribution < -0.4 is 5.73 Å². The number of esters is 2. The Balaban J connectivity index is 5.46. The van der Waals surface area contributed by atoms with E-state index >= 15 is 0 Å². The number of nitrogens with zero attached hydrogens (tertiary/aromatic N) is 1. The van der Waals surface area contributed by atoms with Crippen molar-refractivity contribution in [1.82, 2.24) is 4.90 Å². The Morgan fingerprint density at radius 1 is 1.05 bits per heavy atom. The molecule has 8 heteroatoms. The van der Waals surface area contributed by atoms with Gasteiger partial charge in [-0.15, -0.1) is 0 Å². The molecule has 120 valence electrons. The molecule has 0 aromatic rings. The van der Waals surface area contributed by atoms with E-state index < -0.39 is 23.3 Å². The lowest BCUT2D eigenvalue weighted by atomic mass is 9.80. The maximum Gasteiger partial charge on any atom is 0.325 e. The zero-order valence-electron chi connectivity index (χ0n) is 12.8. The first-order valence-electron chi connectivity index (χ1n) is 6.51. The Morgan fingerprint density at radius 3 is 1.67 bits per heavy atom. The lowest BCUT2D eigenvalue weighted by Gasteiger charge is -2.34. The van der Waals surface area contributed by atoms with Gasteiger partial charge in [0.05, 0.1) is 24.6 Å². The second kappa shape index (κ2) is 8.56. The molecular weight excluding hydrogens is 296 g/mol. The zero-order chi connectivity index (χ0) is 16.6. The highest BCUT2D eigenvalue weighted by Gasteiger charge is 2.42. The number of rotatable bonds is 8. The Bertz CT molecular complexity index is 403. The highest BCUT2D eigenvalue weighted by molar-refractivity contribution is 7.80. The minimum atomic E-state index is -1.09. The molecule has 0 aromatic carbocycles. The third kappa shape index (κ3) is 4.66. The van der Waals surface area contributed by atoms with E-state index in [4.69, 9.17) is 18.0 Å². The molecular formula is C13H22N2O5S. The van der Waals surface area contributed by atoms with Gasteiger partial charge in [-0.25, -0.2) is 0 Å². The van der Waals surface area contributed by atoms with Crippen LogP contribution in [0.25, 0.3) is 0 Å². The lowest BCUT2D eigenvalue weighted by Crippen LogP contribution is -2.52. The van der Waals surface area contributed by atoms with Crippen LogP contribution >= 0.6 is 12.2 Å². The topological polar surface area (TPSA) is 98.9 Å². The summed E-state index contributed by atoms with van der Waals surface area (Å²) in [5, 5.41) is 0. The minimum absolute atomic E-state index is 0.0391. The maximum atomic E-state index is 12.7. The van der Waals surface area contributed by atoms with Crippen LogP contribution in [0.3, 0.4) is 0 Å². The highest BCUT2D eigenvalue weighted by Crippen LogP contribution is 2.29. The Kier molecular flexibility index (Phi) is 7.86. The van der Waals surface area contributed by atoms with Gasteiger partial charge < -0.3 is 20.1 Å². The van der Waals surface area contributed by atoms with Crippen LogP contribution in [0.4, 0.5) is 0 Å². The summed E-state index contributed by atoms with van der Waals surface area (Å²) in [6.45, 7) is 2.81. The number of hydrogen-bond acceptors (Lipinski definition) is 6. The van der Waals surface area contributed by atoms with E-state index in [1.165, 1.54) is 14.2 Å². The third-order valence-electron chi connectivity index (χ3n) is 3.47. The van der Waals surface area contributed by atoms with E-state index in [1.807, 2.05) is 0 Å². The summed E-state index contributed by atoms with van der Waals surface area (Å²) in [6, 6.07) is 0. The van der Waals surface area contributed by atoms with Crippen LogP contribution in [-0.2, 0) is 23.9 Å². The van der Waals surface area contributed by atoms with Crippen molar-refractivity contribution in [2.45, 2.75) is 26.7 Å². The number of nitrogens with two attached hydrogens (primary N) is 1. The molecule has 0 aromatic heterocycles.